The van der Waals surface area contributed by atoms with Gasteiger partial charge in [-0.1, -0.05) is 0 Å². The summed E-state index contributed by atoms with van der Waals surface area (Å²) in [4.78, 5) is 16.7. The van der Waals surface area contributed by atoms with Crippen molar-refractivity contribution in [2.75, 3.05) is 6.54 Å². The van der Waals surface area contributed by atoms with Crippen LogP contribution in [-0.2, 0) is 5.92 Å². The Kier molecular flexibility index (Phi) is 4.41. The first kappa shape index (κ1) is 20.6. The van der Waals surface area contributed by atoms with E-state index in [1.165, 1.54) is 26.2 Å². The lowest BCUT2D eigenvalue weighted by atomic mass is 9.49. The lowest BCUT2D eigenvalue weighted by molar-refractivity contribution is -0.291. The van der Waals surface area contributed by atoms with Crippen molar-refractivity contribution in [3.05, 3.63) is 29.2 Å². The SMILES string of the molecule is Cc1cc(C(F)(F)C(F)(F)F)n2nc(C(=O)NCC34CC5CC(CC(C5)C3)C4)cc2n1. The van der Waals surface area contributed by atoms with Gasteiger partial charge in [0.25, 0.3) is 5.91 Å². The van der Waals surface area contributed by atoms with Gasteiger partial charge in [-0.3, -0.25) is 4.79 Å². The van der Waals surface area contributed by atoms with Crippen LogP contribution in [0, 0.1) is 30.1 Å². The maximum absolute atomic E-state index is 14.0. The van der Waals surface area contributed by atoms with E-state index in [2.05, 4.69) is 15.4 Å². The molecular weight excluding hydrogens is 419 g/mol. The number of alkyl halides is 5. The number of nitrogens with zero attached hydrogens (tertiary/aromatic N) is 3. The highest BCUT2D eigenvalue weighted by Gasteiger charge is 2.60. The molecular formula is C21H23F5N4O. The summed E-state index contributed by atoms with van der Waals surface area (Å²) in [6.07, 6.45) is 1.23. The fourth-order valence-electron chi connectivity index (χ4n) is 6.44. The number of carbonyl (C=O) groups excluding carboxylic acids is 1. The van der Waals surface area contributed by atoms with Crippen LogP contribution < -0.4 is 5.32 Å². The van der Waals surface area contributed by atoms with Gasteiger partial charge in [-0.15, -0.1) is 0 Å². The largest absolute Gasteiger partial charge is 0.459 e. The summed E-state index contributed by atoms with van der Waals surface area (Å²) in [5, 5.41) is 6.63. The van der Waals surface area contributed by atoms with Gasteiger partial charge in [-0.25, -0.2) is 9.50 Å². The summed E-state index contributed by atoms with van der Waals surface area (Å²) in [6.45, 7) is 1.79. The van der Waals surface area contributed by atoms with Crippen LogP contribution in [0.1, 0.15) is 60.4 Å². The van der Waals surface area contributed by atoms with Crippen molar-refractivity contribution in [1.29, 1.82) is 0 Å². The van der Waals surface area contributed by atoms with Crippen molar-refractivity contribution < 1.29 is 26.7 Å². The molecule has 2 aromatic heterocycles. The number of amides is 1. The number of aryl methyl sites for hydroxylation is 1. The van der Waals surface area contributed by atoms with Crippen LogP contribution in [0.15, 0.2) is 12.1 Å². The third kappa shape index (κ3) is 3.38. The third-order valence-corrected chi connectivity index (χ3v) is 7.25. The topological polar surface area (TPSA) is 59.3 Å². The molecule has 2 aromatic rings. The predicted octanol–water partition coefficient (Wildman–Crippen LogP) is 4.64. The van der Waals surface area contributed by atoms with Crippen molar-refractivity contribution in [2.45, 2.75) is 57.5 Å². The Morgan fingerprint density at radius 3 is 2.23 bits per heavy atom. The van der Waals surface area contributed by atoms with E-state index in [4.69, 9.17) is 0 Å². The van der Waals surface area contributed by atoms with Crippen molar-refractivity contribution in [3.63, 3.8) is 0 Å². The highest BCUT2D eigenvalue weighted by molar-refractivity contribution is 5.93. The predicted molar refractivity (Wildman–Crippen MR) is 101 cm³/mol. The van der Waals surface area contributed by atoms with Crippen molar-refractivity contribution >= 4 is 11.6 Å². The number of fused-ring (bicyclic) bond motifs is 1. The zero-order chi connectivity index (χ0) is 22.2. The van der Waals surface area contributed by atoms with Crippen LogP contribution in [0.4, 0.5) is 22.0 Å². The third-order valence-electron chi connectivity index (χ3n) is 7.25. The molecule has 0 saturated heterocycles. The summed E-state index contributed by atoms with van der Waals surface area (Å²) in [6, 6.07) is 1.79. The van der Waals surface area contributed by atoms with Gasteiger partial charge in [-0.2, -0.15) is 27.1 Å². The highest BCUT2D eigenvalue weighted by Crippen LogP contribution is 2.59. The van der Waals surface area contributed by atoms with E-state index in [1.807, 2.05) is 0 Å². The Hall–Kier alpha value is -2.26. The zero-order valence-electron chi connectivity index (χ0n) is 17.0. The second-order valence-electron chi connectivity index (χ2n) is 9.75. The minimum absolute atomic E-state index is 0.0214. The Labute approximate surface area is 175 Å². The normalized spacial score (nSPS) is 30.2. The first-order valence-electron chi connectivity index (χ1n) is 10.6. The molecule has 0 spiro atoms. The molecule has 168 valence electrons. The minimum atomic E-state index is -5.79. The van der Waals surface area contributed by atoms with Gasteiger partial charge < -0.3 is 5.32 Å². The van der Waals surface area contributed by atoms with Crippen molar-refractivity contribution in [2.24, 2.45) is 23.2 Å². The van der Waals surface area contributed by atoms with Crippen LogP contribution in [0.3, 0.4) is 0 Å². The first-order valence-corrected chi connectivity index (χ1v) is 10.6. The summed E-state index contributed by atoms with van der Waals surface area (Å²) in [5.74, 6) is -3.59. The molecule has 1 amide bonds. The number of hydrogen-bond acceptors (Lipinski definition) is 3. The monoisotopic (exact) mass is 442 g/mol. The molecule has 4 aliphatic rings. The van der Waals surface area contributed by atoms with E-state index in [9.17, 15) is 26.7 Å². The Morgan fingerprint density at radius 2 is 1.68 bits per heavy atom. The molecule has 4 aliphatic carbocycles. The summed E-state index contributed by atoms with van der Waals surface area (Å²) in [7, 11) is 0. The molecule has 0 aromatic carbocycles. The van der Waals surface area contributed by atoms with Gasteiger partial charge >= 0.3 is 12.1 Å². The molecule has 4 saturated carbocycles. The zero-order valence-corrected chi connectivity index (χ0v) is 17.0. The number of aromatic nitrogens is 3. The molecule has 5 nitrogen and oxygen atoms in total. The van der Waals surface area contributed by atoms with Crippen LogP contribution in [0.2, 0.25) is 0 Å². The maximum atomic E-state index is 14.0. The van der Waals surface area contributed by atoms with Crippen molar-refractivity contribution in [1.82, 2.24) is 19.9 Å². The summed E-state index contributed by atoms with van der Waals surface area (Å²) < 4.78 is 67.3. The molecule has 1 N–H and O–H groups in total. The lowest BCUT2D eigenvalue weighted by Gasteiger charge is -2.56. The Bertz CT molecular complexity index is 1010. The van der Waals surface area contributed by atoms with E-state index >= 15 is 0 Å². The molecule has 0 radical (unpaired) electrons. The Balaban J connectivity index is 1.39. The van der Waals surface area contributed by atoms with Gasteiger partial charge in [0.1, 0.15) is 5.69 Å². The van der Waals surface area contributed by atoms with Crippen LogP contribution in [0.25, 0.3) is 5.65 Å². The van der Waals surface area contributed by atoms with E-state index in [0.29, 0.717) is 34.9 Å². The fraction of sp³-hybridized carbons (Fsp3) is 0.667. The van der Waals surface area contributed by atoms with Gasteiger partial charge in [-0.05, 0) is 74.7 Å². The average Bonchev–Trinajstić information content (AvgIpc) is 3.07. The molecule has 2 heterocycles. The van der Waals surface area contributed by atoms with Crippen molar-refractivity contribution in [3.8, 4) is 0 Å². The van der Waals surface area contributed by atoms with Crippen LogP contribution in [0.5, 0.6) is 0 Å². The second-order valence-corrected chi connectivity index (χ2v) is 9.75. The second kappa shape index (κ2) is 6.62. The number of rotatable bonds is 4. The van der Waals surface area contributed by atoms with Crippen LogP contribution >= 0.6 is 0 Å². The maximum Gasteiger partial charge on any atom is 0.459 e. The fourth-order valence-corrected chi connectivity index (χ4v) is 6.44. The molecule has 31 heavy (non-hydrogen) atoms. The van der Waals surface area contributed by atoms with Gasteiger partial charge in [0, 0.05) is 18.3 Å². The Morgan fingerprint density at radius 1 is 1.10 bits per heavy atom. The van der Waals surface area contributed by atoms with E-state index in [1.54, 1.807) is 0 Å². The summed E-state index contributed by atoms with van der Waals surface area (Å²) in [5.41, 5.74) is -1.76. The van der Waals surface area contributed by atoms with Gasteiger partial charge in [0.05, 0.1) is 0 Å². The van der Waals surface area contributed by atoms with E-state index in [0.717, 1.165) is 25.3 Å². The quantitative estimate of drug-likeness (QED) is 0.702. The smallest absolute Gasteiger partial charge is 0.350 e. The molecule has 0 atom stereocenters. The number of carbonyl (C=O) groups is 1. The minimum Gasteiger partial charge on any atom is -0.350 e. The number of halogens is 5. The molecule has 6 rings (SSSR count). The summed E-state index contributed by atoms with van der Waals surface area (Å²) >= 11 is 0. The van der Waals surface area contributed by atoms with E-state index < -0.39 is 23.7 Å². The average molecular weight is 442 g/mol. The van der Waals surface area contributed by atoms with Crippen LogP contribution in [-0.4, -0.2) is 33.2 Å². The molecule has 4 fully saturated rings. The number of hydrogen-bond donors (Lipinski definition) is 1. The van der Waals surface area contributed by atoms with Gasteiger partial charge in [0.15, 0.2) is 11.3 Å². The molecule has 0 aliphatic heterocycles. The van der Waals surface area contributed by atoms with Gasteiger partial charge in [0.2, 0.25) is 0 Å². The molecule has 4 bridgehead atoms. The number of nitrogens with one attached hydrogen (secondary N) is 1. The molecule has 0 unspecified atom stereocenters. The standard InChI is InChI=1S/C21H23F5N4O/c1-11-2-16(20(22,23)21(24,25)26)30-17(28-11)6-15(29-30)18(31)27-10-19-7-12-3-13(8-19)5-14(4-12)9-19/h2,6,12-14H,3-5,7-10H2,1H3,(H,27,31). The highest BCUT2D eigenvalue weighted by atomic mass is 19.4. The lowest BCUT2D eigenvalue weighted by Crippen LogP contribution is -2.51. The molecule has 10 heteroatoms. The van der Waals surface area contributed by atoms with E-state index in [-0.39, 0.29) is 22.5 Å². The first-order chi connectivity index (χ1) is 14.5.